The van der Waals surface area contributed by atoms with Crippen LogP contribution in [0.1, 0.15) is 51.5 Å². The van der Waals surface area contributed by atoms with Gasteiger partial charge in [0.1, 0.15) is 0 Å². The Hall–Kier alpha value is -2.30. The summed E-state index contributed by atoms with van der Waals surface area (Å²) in [5, 5.41) is 6.14. The maximum atomic E-state index is 12.0. The van der Waals surface area contributed by atoms with E-state index in [2.05, 4.69) is 16.7 Å². The Morgan fingerprint density at radius 3 is 2.77 bits per heavy atom. The van der Waals surface area contributed by atoms with E-state index in [-0.39, 0.29) is 18.4 Å². The number of carbonyl (C=O) groups excluding carboxylic acids is 2. The van der Waals surface area contributed by atoms with Gasteiger partial charge in [-0.25, -0.2) is 0 Å². The largest absolute Gasteiger partial charge is 0.376 e. The van der Waals surface area contributed by atoms with Gasteiger partial charge in [0.2, 0.25) is 11.8 Å². The summed E-state index contributed by atoms with van der Waals surface area (Å²) in [6, 6.07) is 7.87. The highest BCUT2D eigenvalue weighted by molar-refractivity contribution is 5.80. The topological polar surface area (TPSA) is 61.4 Å². The van der Waals surface area contributed by atoms with Gasteiger partial charge >= 0.3 is 0 Å². The Labute approximate surface area is 156 Å². The molecule has 1 aliphatic carbocycles. The number of allylic oxidation sites excluding steroid dienone is 1. The summed E-state index contributed by atoms with van der Waals surface area (Å²) in [4.78, 5) is 25.3. The van der Waals surface area contributed by atoms with Gasteiger partial charge in [-0.3, -0.25) is 9.59 Å². The minimum Gasteiger partial charge on any atom is -0.376 e. The number of rotatable bonds is 9. The van der Waals surface area contributed by atoms with Gasteiger partial charge in [0.15, 0.2) is 0 Å². The van der Waals surface area contributed by atoms with Gasteiger partial charge in [0, 0.05) is 32.2 Å². The van der Waals surface area contributed by atoms with E-state index in [1.807, 2.05) is 31.2 Å². The monoisotopic (exact) mass is 357 g/mol. The number of amides is 2. The molecule has 1 aromatic rings. The molecule has 0 aliphatic heterocycles. The van der Waals surface area contributed by atoms with Gasteiger partial charge < -0.3 is 15.5 Å². The van der Waals surface area contributed by atoms with E-state index < -0.39 is 0 Å². The van der Waals surface area contributed by atoms with Crippen LogP contribution in [0.15, 0.2) is 35.9 Å². The van der Waals surface area contributed by atoms with Crippen molar-refractivity contribution < 1.29 is 9.59 Å². The van der Waals surface area contributed by atoms with E-state index in [1.54, 1.807) is 11.8 Å². The molecule has 0 spiro atoms. The molecule has 2 N–H and O–H groups in total. The van der Waals surface area contributed by atoms with Gasteiger partial charge in [-0.15, -0.1) is 0 Å². The number of benzene rings is 1. The number of anilines is 1. The molecule has 0 bridgehead atoms. The first-order valence-electron chi connectivity index (χ1n) is 9.61. The highest BCUT2D eigenvalue weighted by Crippen LogP contribution is 2.19. The second kappa shape index (κ2) is 10.6. The van der Waals surface area contributed by atoms with Gasteiger partial charge in [0.05, 0.1) is 6.54 Å². The van der Waals surface area contributed by atoms with Crippen LogP contribution in [-0.4, -0.2) is 36.3 Å². The minimum absolute atomic E-state index is 0.00531. The fraction of sp³-hybridized carbons (Fsp3) is 0.524. The molecule has 1 aromatic carbocycles. The van der Waals surface area contributed by atoms with Gasteiger partial charge in [0.25, 0.3) is 0 Å². The van der Waals surface area contributed by atoms with Crippen LogP contribution in [0.5, 0.6) is 0 Å². The number of hydrogen-bond acceptors (Lipinski definition) is 3. The average molecular weight is 357 g/mol. The lowest BCUT2D eigenvalue weighted by Crippen LogP contribution is -2.31. The fourth-order valence-electron chi connectivity index (χ4n) is 3.18. The molecule has 0 atom stereocenters. The van der Waals surface area contributed by atoms with Crippen LogP contribution >= 0.6 is 0 Å². The summed E-state index contributed by atoms with van der Waals surface area (Å²) >= 11 is 0. The van der Waals surface area contributed by atoms with E-state index in [0.717, 1.165) is 17.7 Å². The highest BCUT2D eigenvalue weighted by Gasteiger charge is 2.08. The van der Waals surface area contributed by atoms with Crippen molar-refractivity contribution in [3.05, 3.63) is 41.5 Å². The molecule has 2 rings (SSSR count). The first-order valence-corrected chi connectivity index (χ1v) is 9.61. The van der Waals surface area contributed by atoms with E-state index in [1.165, 1.54) is 31.3 Å². The van der Waals surface area contributed by atoms with Crippen molar-refractivity contribution in [3.63, 3.8) is 0 Å². The SMILES string of the molecule is CCN(Cc1cccc(NCC(=O)NCCC2=CCCCC2)c1)C(C)=O. The van der Waals surface area contributed by atoms with Crippen LogP contribution in [0, 0.1) is 0 Å². The molecule has 142 valence electrons. The maximum absolute atomic E-state index is 12.0. The summed E-state index contributed by atoms with van der Waals surface area (Å²) in [7, 11) is 0. The minimum atomic E-state index is 0.00531. The average Bonchev–Trinajstić information content (AvgIpc) is 2.65. The summed E-state index contributed by atoms with van der Waals surface area (Å²) in [6.07, 6.45) is 8.20. The number of nitrogens with zero attached hydrogens (tertiary/aromatic N) is 1. The molecule has 5 nitrogen and oxygen atoms in total. The molecule has 1 aliphatic rings. The molecule has 0 saturated heterocycles. The summed E-state index contributed by atoms with van der Waals surface area (Å²) in [5.41, 5.74) is 3.42. The van der Waals surface area contributed by atoms with E-state index in [0.29, 0.717) is 19.6 Å². The quantitative estimate of drug-likeness (QED) is 0.665. The van der Waals surface area contributed by atoms with Crippen LogP contribution in [0.4, 0.5) is 5.69 Å². The van der Waals surface area contributed by atoms with Gasteiger partial charge in [-0.05, 0) is 56.7 Å². The molecule has 26 heavy (non-hydrogen) atoms. The summed E-state index contributed by atoms with van der Waals surface area (Å²) < 4.78 is 0. The third-order valence-corrected chi connectivity index (χ3v) is 4.73. The standard InChI is InChI=1S/C21H31N3O2/c1-3-24(17(2)25)16-19-10-7-11-20(14-19)23-15-21(26)22-13-12-18-8-5-4-6-9-18/h7-8,10-11,14,23H,3-6,9,12-13,15-16H2,1-2H3,(H,22,26). The zero-order valence-corrected chi connectivity index (χ0v) is 16.0. The first kappa shape index (κ1) is 20.0. The number of nitrogens with one attached hydrogen (secondary N) is 2. The molecule has 0 unspecified atom stereocenters. The van der Waals surface area contributed by atoms with Crippen molar-refractivity contribution >= 4 is 17.5 Å². The van der Waals surface area contributed by atoms with E-state index in [4.69, 9.17) is 0 Å². The normalized spacial score (nSPS) is 13.7. The smallest absolute Gasteiger partial charge is 0.239 e. The van der Waals surface area contributed by atoms with Crippen molar-refractivity contribution in [2.24, 2.45) is 0 Å². The van der Waals surface area contributed by atoms with Crippen LogP contribution in [0.2, 0.25) is 0 Å². The molecule has 5 heteroatoms. The van der Waals surface area contributed by atoms with Crippen LogP contribution in [0.25, 0.3) is 0 Å². The molecule has 0 radical (unpaired) electrons. The van der Waals surface area contributed by atoms with E-state index >= 15 is 0 Å². The lowest BCUT2D eigenvalue weighted by Gasteiger charge is -2.19. The maximum Gasteiger partial charge on any atom is 0.239 e. The lowest BCUT2D eigenvalue weighted by atomic mass is 9.97. The molecule has 0 heterocycles. The Morgan fingerprint density at radius 2 is 2.08 bits per heavy atom. The van der Waals surface area contributed by atoms with Crippen molar-refractivity contribution in [2.75, 3.05) is 25.0 Å². The van der Waals surface area contributed by atoms with Gasteiger partial charge in [-0.1, -0.05) is 23.8 Å². The van der Waals surface area contributed by atoms with Crippen molar-refractivity contribution in [1.29, 1.82) is 0 Å². The van der Waals surface area contributed by atoms with Crippen molar-refractivity contribution in [2.45, 2.75) is 52.5 Å². The summed E-state index contributed by atoms with van der Waals surface area (Å²) in [6.45, 7) is 5.79. The van der Waals surface area contributed by atoms with Crippen LogP contribution in [-0.2, 0) is 16.1 Å². The first-order chi connectivity index (χ1) is 12.6. The predicted molar refractivity (Wildman–Crippen MR) is 106 cm³/mol. The molecule has 0 saturated carbocycles. The zero-order chi connectivity index (χ0) is 18.8. The van der Waals surface area contributed by atoms with Gasteiger partial charge in [-0.2, -0.15) is 0 Å². The third-order valence-electron chi connectivity index (χ3n) is 4.73. The number of hydrogen-bond donors (Lipinski definition) is 2. The zero-order valence-electron chi connectivity index (χ0n) is 16.0. The molecule has 0 aromatic heterocycles. The second-order valence-corrected chi connectivity index (χ2v) is 6.80. The lowest BCUT2D eigenvalue weighted by molar-refractivity contribution is -0.129. The van der Waals surface area contributed by atoms with Crippen LogP contribution < -0.4 is 10.6 Å². The third kappa shape index (κ3) is 6.90. The Bertz CT molecular complexity index is 640. The molecule has 0 fully saturated rings. The molecular formula is C21H31N3O2. The highest BCUT2D eigenvalue weighted by atomic mass is 16.2. The summed E-state index contributed by atoms with van der Waals surface area (Å²) in [5.74, 6) is 0.0732. The Morgan fingerprint density at radius 1 is 1.23 bits per heavy atom. The van der Waals surface area contributed by atoms with Crippen LogP contribution in [0.3, 0.4) is 0 Å². The number of carbonyl (C=O) groups is 2. The molecule has 2 amide bonds. The fourth-order valence-corrected chi connectivity index (χ4v) is 3.18. The predicted octanol–water partition coefficient (Wildman–Crippen LogP) is 3.47. The second-order valence-electron chi connectivity index (χ2n) is 6.80. The Kier molecular flexibility index (Phi) is 8.19. The Balaban J connectivity index is 1.74. The van der Waals surface area contributed by atoms with Crippen molar-refractivity contribution in [3.8, 4) is 0 Å². The van der Waals surface area contributed by atoms with E-state index in [9.17, 15) is 9.59 Å². The van der Waals surface area contributed by atoms with Crippen molar-refractivity contribution in [1.82, 2.24) is 10.2 Å². The molecular weight excluding hydrogens is 326 g/mol.